The van der Waals surface area contributed by atoms with Gasteiger partial charge in [-0.2, -0.15) is 0 Å². The second-order valence-electron chi connectivity index (χ2n) is 7.00. The van der Waals surface area contributed by atoms with Crippen molar-refractivity contribution in [1.82, 2.24) is 10.2 Å². The quantitative estimate of drug-likeness (QED) is 0.570. The number of amides is 4. The van der Waals surface area contributed by atoms with Gasteiger partial charge in [0.05, 0.1) is 6.42 Å². The molecule has 1 spiro atoms. The van der Waals surface area contributed by atoms with Gasteiger partial charge in [0.1, 0.15) is 11.4 Å². The van der Waals surface area contributed by atoms with Gasteiger partial charge in [0, 0.05) is 12.2 Å². The van der Waals surface area contributed by atoms with Crippen LogP contribution in [0, 0.1) is 5.82 Å². The number of hydrogen-bond donors (Lipinski definition) is 2. The lowest BCUT2D eigenvalue weighted by Gasteiger charge is -2.30. The number of halogens is 1. The highest BCUT2D eigenvalue weighted by Gasteiger charge is 2.51. The third-order valence-corrected chi connectivity index (χ3v) is 4.97. The van der Waals surface area contributed by atoms with E-state index in [2.05, 4.69) is 10.6 Å². The van der Waals surface area contributed by atoms with Gasteiger partial charge >= 0.3 is 12.0 Å². The topological polar surface area (TPSA) is 105 Å². The van der Waals surface area contributed by atoms with E-state index in [9.17, 15) is 23.6 Å². The van der Waals surface area contributed by atoms with Gasteiger partial charge in [0.25, 0.3) is 11.8 Å². The van der Waals surface area contributed by atoms with Gasteiger partial charge in [-0.25, -0.2) is 9.18 Å². The number of ether oxygens (including phenoxy) is 1. The molecular weight excluding hydrogens is 369 g/mol. The summed E-state index contributed by atoms with van der Waals surface area (Å²) in [5.41, 5.74) is -0.581. The molecule has 1 aliphatic heterocycles. The van der Waals surface area contributed by atoms with Gasteiger partial charge in [-0.05, 0) is 31.0 Å². The Morgan fingerprint density at radius 1 is 1.21 bits per heavy atom. The Morgan fingerprint density at radius 2 is 1.96 bits per heavy atom. The summed E-state index contributed by atoms with van der Waals surface area (Å²) >= 11 is 0. The van der Waals surface area contributed by atoms with Crippen LogP contribution in [-0.4, -0.2) is 47.4 Å². The minimum absolute atomic E-state index is 0.100. The fraction of sp³-hybridized carbons (Fsp3) is 0.474. The maximum atomic E-state index is 13.1. The van der Waals surface area contributed by atoms with Crippen LogP contribution in [0.2, 0.25) is 0 Å². The van der Waals surface area contributed by atoms with Crippen LogP contribution in [-0.2, 0) is 19.1 Å². The van der Waals surface area contributed by atoms with Crippen molar-refractivity contribution in [3.05, 3.63) is 30.1 Å². The van der Waals surface area contributed by atoms with E-state index in [1.165, 1.54) is 18.2 Å². The Morgan fingerprint density at radius 3 is 2.68 bits per heavy atom. The second-order valence-corrected chi connectivity index (χ2v) is 7.00. The average molecular weight is 391 g/mol. The normalized spacial score (nSPS) is 18.1. The number of carbonyl (C=O) groups is 4. The Bertz CT molecular complexity index is 792. The van der Waals surface area contributed by atoms with Crippen LogP contribution < -0.4 is 10.6 Å². The van der Waals surface area contributed by atoms with Crippen molar-refractivity contribution in [3.63, 3.8) is 0 Å². The third-order valence-electron chi connectivity index (χ3n) is 4.97. The third kappa shape index (κ3) is 4.47. The minimum atomic E-state index is -0.829. The Balaban J connectivity index is 1.43. The van der Waals surface area contributed by atoms with Crippen molar-refractivity contribution >= 4 is 29.5 Å². The first kappa shape index (κ1) is 19.8. The minimum Gasteiger partial charge on any atom is -0.456 e. The standard InChI is InChI=1S/C19H22FN3O5/c20-13-5-4-6-14(11-13)21-15(24)12-28-16(25)7-10-23-17(26)19(22-18(23)27)8-2-1-3-9-19/h4-6,11H,1-3,7-10,12H2,(H,21,24)(H,22,27). The monoisotopic (exact) mass is 391 g/mol. The molecule has 28 heavy (non-hydrogen) atoms. The number of anilines is 1. The zero-order valence-electron chi connectivity index (χ0n) is 15.3. The first-order valence-corrected chi connectivity index (χ1v) is 9.25. The van der Waals surface area contributed by atoms with E-state index in [1.54, 1.807) is 0 Å². The molecule has 1 saturated heterocycles. The highest BCUT2D eigenvalue weighted by Crippen LogP contribution is 2.33. The lowest BCUT2D eigenvalue weighted by atomic mass is 9.82. The zero-order chi connectivity index (χ0) is 20.1. The number of benzene rings is 1. The summed E-state index contributed by atoms with van der Waals surface area (Å²) in [4.78, 5) is 49.4. The summed E-state index contributed by atoms with van der Waals surface area (Å²) in [5, 5.41) is 5.17. The van der Waals surface area contributed by atoms with Crippen LogP contribution in [0.1, 0.15) is 38.5 Å². The van der Waals surface area contributed by atoms with Crippen molar-refractivity contribution in [2.75, 3.05) is 18.5 Å². The number of carbonyl (C=O) groups excluding carboxylic acids is 4. The molecule has 0 unspecified atom stereocenters. The van der Waals surface area contributed by atoms with E-state index in [0.717, 1.165) is 30.2 Å². The van der Waals surface area contributed by atoms with Gasteiger partial charge < -0.3 is 15.4 Å². The van der Waals surface area contributed by atoms with Crippen molar-refractivity contribution in [1.29, 1.82) is 0 Å². The number of esters is 1. The molecule has 150 valence electrons. The van der Waals surface area contributed by atoms with E-state index in [4.69, 9.17) is 4.74 Å². The lowest BCUT2D eigenvalue weighted by molar-refractivity contribution is -0.147. The van der Waals surface area contributed by atoms with Crippen molar-refractivity contribution in [2.45, 2.75) is 44.1 Å². The van der Waals surface area contributed by atoms with Crippen molar-refractivity contribution in [3.8, 4) is 0 Å². The smallest absolute Gasteiger partial charge is 0.325 e. The predicted octanol–water partition coefficient (Wildman–Crippen LogP) is 1.95. The van der Waals surface area contributed by atoms with Crippen molar-refractivity contribution < 1.29 is 28.3 Å². The number of urea groups is 1. The van der Waals surface area contributed by atoms with E-state index >= 15 is 0 Å². The van der Waals surface area contributed by atoms with Crippen LogP contribution in [0.5, 0.6) is 0 Å². The van der Waals surface area contributed by atoms with Gasteiger partial charge in [0.15, 0.2) is 6.61 Å². The molecule has 2 N–H and O–H groups in total. The molecule has 0 bridgehead atoms. The summed E-state index contributed by atoms with van der Waals surface area (Å²) in [6.45, 7) is -0.643. The van der Waals surface area contributed by atoms with Crippen LogP contribution in [0.25, 0.3) is 0 Å². The van der Waals surface area contributed by atoms with Crippen LogP contribution in [0.3, 0.4) is 0 Å². The summed E-state index contributed by atoms with van der Waals surface area (Å²) in [5.74, 6) is -2.12. The Labute approximate surface area is 161 Å². The van der Waals surface area contributed by atoms with Crippen LogP contribution in [0.4, 0.5) is 14.9 Å². The van der Waals surface area contributed by atoms with E-state index < -0.39 is 35.9 Å². The van der Waals surface area contributed by atoms with Crippen molar-refractivity contribution in [2.24, 2.45) is 0 Å². The molecule has 1 aliphatic carbocycles. The summed E-state index contributed by atoms with van der Waals surface area (Å²) in [6, 6.07) is 4.82. The molecule has 3 rings (SSSR count). The molecule has 1 heterocycles. The Kier molecular flexibility index (Phi) is 5.91. The number of imide groups is 1. The maximum absolute atomic E-state index is 13.1. The SMILES string of the molecule is O=C(COC(=O)CCN1C(=O)NC2(CCCCC2)C1=O)Nc1cccc(F)c1. The molecule has 2 fully saturated rings. The lowest BCUT2D eigenvalue weighted by Crippen LogP contribution is -2.48. The largest absolute Gasteiger partial charge is 0.456 e. The number of nitrogens with one attached hydrogen (secondary N) is 2. The maximum Gasteiger partial charge on any atom is 0.325 e. The average Bonchev–Trinajstić information content (AvgIpc) is 2.88. The molecule has 4 amide bonds. The fourth-order valence-electron chi connectivity index (χ4n) is 3.56. The first-order valence-electron chi connectivity index (χ1n) is 9.25. The van der Waals surface area contributed by atoms with Gasteiger partial charge in [0.2, 0.25) is 0 Å². The molecular formula is C19H22FN3O5. The van der Waals surface area contributed by atoms with E-state index in [0.29, 0.717) is 12.8 Å². The molecule has 9 heteroatoms. The predicted molar refractivity (Wildman–Crippen MR) is 96.7 cm³/mol. The summed E-state index contributed by atoms with van der Waals surface area (Å²) in [7, 11) is 0. The van der Waals surface area contributed by atoms with E-state index in [1.807, 2.05) is 0 Å². The summed E-state index contributed by atoms with van der Waals surface area (Å²) < 4.78 is 17.9. The van der Waals surface area contributed by atoms with Gasteiger partial charge in [-0.15, -0.1) is 0 Å². The fourth-order valence-corrected chi connectivity index (χ4v) is 3.56. The molecule has 0 atom stereocenters. The first-order chi connectivity index (χ1) is 13.4. The van der Waals surface area contributed by atoms with Gasteiger partial charge in [-0.3, -0.25) is 19.3 Å². The Hall–Kier alpha value is -2.97. The number of rotatable bonds is 6. The molecule has 1 saturated carbocycles. The highest BCUT2D eigenvalue weighted by molar-refractivity contribution is 6.07. The molecule has 1 aromatic rings. The second kappa shape index (κ2) is 8.37. The zero-order valence-corrected chi connectivity index (χ0v) is 15.3. The molecule has 0 aromatic heterocycles. The summed E-state index contributed by atoms with van der Waals surface area (Å²) in [6.07, 6.45) is 3.81. The van der Waals surface area contributed by atoms with E-state index in [-0.39, 0.29) is 24.6 Å². The van der Waals surface area contributed by atoms with Crippen LogP contribution >= 0.6 is 0 Å². The molecule has 0 radical (unpaired) electrons. The van der Waals surface area contributed by atoms with Gasteiger partial charge in [-0.1, -0.05) is 25.3 Å². The molecule has 2 aliphatic rings. The molecule has 1 aromatic carbocycles. The highest BCUT2D eigenvalue weighted by atomic mass is 19.1. The van der Waals surface area contributed by atoms with Crippen LogP contribution in [0.15, 0.2) is 24.3 Å². The number of nitrogens with zero attached hydrogens (tertiary/aromatic N) is 1. The molecule has 8 nitrogen and oxygen atoms in total. The number of hydrogen-bond acceptors (Lipinski definition) is 5.